The summed E-state index contributed by atoms with van der Waals surface area (Å²) in [5, 5.41) is 4.82. The van der Waals surface area contributed by atoms with Crippen LogP contribution >= 0.6 is 11.3 Å². The maximum Gasteiger partial charge on any atom is 0.433 e. The van der Waals surface area contributed by atoms with E-state index in [1.807, 2.05) is 23.8 Å². The Morgan fingerprint density at radius 2 is 2.10 bits per heavy atom. The zero-order valence-electron chi connectivity index (χ0n) is 11.2. The first kappa shape index (κ1) is 15.5. The van der Waals surface area contributed by atoms with E-state index >= 15 is 0 Å². The van der Waals surface area contributed by atoms with Gasteiger partial charge < -0.3 is 5.32 Å². The second-order valence-electron chi connectivity index (χ2n) is 4.18. The first-order valence-electron chi connectivity index (χ1n) is 6.16. The number of hydrogen-bond acceptors (Lipinski definition) is 6. The zero-order valence-corrected chi connectivity index (χ0v) is 12.0. The van der Waals surface area contributed by atoms with Gasteiger partial charge in [-0.2, -0.15) is 18.2 Å². The maximum absolute atomic E-state index is 12.7. The van der Waals surface area contributed by atoms with Gasteiger partial charge in [-0.1, -0.05) is 6.92 Å². The molecule has 0 aliphatic heterocycles. The smallest absolute Gasteiger partial charge is 0.365 e. The molecular weight excluding hydrogens is 303 g/mol. The number of aromatic nitrogens is 2. The van der Waals surface area contributed by atoms with Crippen molar-refractivity contribution in [1.29, 1.82) is 0 Å². The van der Waals surface area contributed by atoms with E-state index < -0.39 is 11.9 Å². The van der Waals surface area contributed by atoms with Gasteiger partial charge in [-0.3, -0.25) is 5.43 Å². The Bertz CT molecular complexity index is 611. The minimum Gasteiger partial charge on any atom is -0.365 e. The Hall–Kier alpha value is -1.87. The monoisotopic (exact) mass is 317 g/mol. The molecule has 0 amide bonds. The highest BCUT2D eigenvalue weighted by Crippen LogP contribution is 2.29. The van der Waals surface area contributed by atoms with Crippen molar-refractivity contribution in [2.45, 2.75) is 26.1 Å². The first-order valence-corrected chi connectivity index (χ1v) is 7.04. The fraction of sp³-hybridized carbons (Fsp3) is 0.333. The molecule has 2 aromatic heterocycles. The fourth-order valence-electron chi connectivity index (χ4n) is 1.76. The van der Waals surface area contributed by atoms with Crippen LogP contribution in [0.4, 0.5) is 24.9 Å². The molecule has 0 unspecified atom stereocenters. The molecule has 0 aliphatic carbocycles. The number of nitrogens with two attached hydrogens (primary N) is 1. The predicted molar refractivity (Wildman–Crippen MR) is 75.9 cm³/mol. The van der Waals surface area contributed by atoms with Crippen LogP contribution in [-0.2, 0) is 19.1 Å². The van der Waals surface area contributed by atoms with Gasteiger partial charge in [-0.15, -0.1) is 11.3 Å². The number of halogens is 3. The summed E-state index contributed by atoms with van der Waals surface area (Å²) in [6.45, 7) is 2.42. The number of hydrogen-bond donors (Lipinski definition) is 3. The highest BCUT2D eigenvalue weighted by molar-refractivity contribution is 7.10. The lowest BCUT2D eigenvalue weighted by Crippen LogP contribution is -2.16. The third-order valence-electron chi connectivity index (χ3n) is 2.79. The van der Waals surface area contributed by atoms with Crippen LogP contribution < -0.4 is 16.6 Å². The average molecular weight is 317 g/mol. The molecule has 2 heterocycles. The summed E-state index contributed by atoms with van der Waals surface area (Å²) in [5.41, 5.74) is 2.15. The fourth-order valence-corrected chi connectivity index (χ4v) is 2.67. The van der Waals surface area contributed by atoms with Crippen molar-refractivity contribution < 1.29 is 13.2 Å². The second-order valence-corrected chi connectivity index (χ2v) is 5.18. The molecule has 0 radical (unpaired) electrons. The minimum atomic E-state index is -4.55. The molecule has 5 nitrogen and oxygen atoms in total. The quantitative estimate of drug-likeness (QED) is 0.584. The van der Waals surface area contributed by atoms with E-state index in [0.717, 1.165) is 22.9 Å². The Kier molecular flexibility index (Phi) is 4.63. The normalized spacial score (nSPS) is 11.5. The van der Waals surface area contributed by atoms with Crippen molar-refractivity contribution in [3.05, 3.63) is 33.6 Å². The number of thiophene rings is 1. The lowest BCUT2D eigenvalue weighted by molar-refractivity contribution is -0.141. The van der Waals surface area contributed by atoms with Crippen molar-refractivity contribution in [3.63, 3.8) is 0 Å². The van der Waals surface area contributed by atoms with Gasteiger partial charge in [0.15, 0.2) is 5.69 Å². The van der Waals surface area contributed by atoms with E-state index in [0.29, 0.717) is 6.54 Å². The summed E-state index contributed by atoms with van der Waals surface area (Å²) in [4.78, 5) is 8.22. The number of rotatable bonds is 5. The molecule has 0 spiro atoms. The lowest BCUT2D eigenvalue weighted by Gasteiger charge is -2.11. The molecule has 2 rings (SSSR count). The van der Waals surface area contributed by atoms with Crippen LogP contribution in [0.1, 0.15) is 23.1 Å². The predicted octanol–water partition coefficient (Wildman–Crippen LogP) is 3.02. The van der Waals surface area contributed by atoms with E-state index in [9.17, 15) is 13.2 Å². The molecule has 9 heteroatoms. The van der Waals surface area contributed by atoms with E-state index in [4.69, 9.17) is 5.84 Å². The number of alkyl halides is 3. The van der Waals surface area contributed by atoms with E-state index in [2.05, 4.69) is 15.3 Å². The molecule has 0 fully saturated rings. The number of nitrogens with one attached hydrogen (secondary N) is 2. The molecule has 2 aromatic rings. The lowest BCUT2D eigenvalue weighted by atomic mass is 10.2. The highest BCUT2D eigenvalue weighted by Gasteiger charge is 2.33. The number of nitrogen functional groups attached to an aromatic ring is 1. The Balaban J connectivity index is 2.19. The van der Waals surface area contributed by atoms with Crippen LogP contribution in [0.2, 0.25) is 0 Å². The van der Waals surface area contributed by atoms with Gasteiger partial charge in [0.2, 0.25) is 5.95 Å². The van der Waals surface area contributed by atoms with E-state index in [1.54, 1.807) is 11.3 Å². The third kappa shape index (κ3) is 3.82. The van der Waals surface area contributed by atoms with Crippen LogP contribution in [-0.4, -0.2) is 9.97 Å². The molecule has 0 bridgehead atoms. The van der Waals surface area contributed by atoms with Gasteiger partial charge in [-0.05, 0) is 23.4 Å². The first-order chi connectivity index (χ1) is 9.94. The summed E-state index contributed by atoms with van der Waals surface area (Å²) in [6.07, 6.45) is -3.68. The number of anilines is 2. The summed E-state index contributed by atoms with van der Waals surface area (Å²) >= 11 is 1.54. The summed E-state index contributed by atoms with van der Waals surface area (Å²) in [7, 11) is 0. The largest absolute Gasteiger partial charge is 0.433 e. The van der Waals surface area contributed by atoms with Crippen LogP contribution in [0.25, 0.3) is 0 Å². The van der Waals surface area contributed by atoms with Gasteiger partial charge in [0, 0.05) is 10.9 Å². The maximum atomic E-state index is 12.7. The molecule has 0 atom stereocenters. The standard InChI is InChI=1S/C12H14F3N5S/c1-2-7-3-4-21-8(7)6-17-10-5-9(12(13,14)15)18-11(19-10)20-16/h3-5H,2,6,16H2,1H3,(H2,17,18,19,20). The third-order valence-corrected chi connectivity index (χ3v) is 3.76. The van der Waals surface area contributed by atoms with Gasteiger partial charge in [0.1, 0.15) is 5.82 Å². The molecule has 0 aromatic carbocycles. The van der Waals surface area contributed by atoms with Crippen molar-refractivity contribution >= 4 is 23.1 Å². The molecule has 0 saturated heterocycles. The topological polar surface area (TPSA) is 75.9 Å². The summed E-state index contributed by atoms with van der Waals surface area (Å²) in [5.74, 6) is 4.89. The molecule has 0 aliphatic rings. The average Bonchev–Trinajstić information content (AvgIpc) is 2.91. The minimum absolute atomic E-state index is 0.0701. The summed E-state index contributed by atoms with van der Waals surface area (Å²) in [6, 6.07) is 2.86. The van der Waals surface area contributed by atoms with Gasteiger partial charge >= 0.3 is 6.18 Å². The van der Waals surface area contributed by atoms with Crippen LogP contribution in [0.3, 0.4) is 0 Å². The molecular formula is C12H14F3N5S. The van der Waals surface area contributed by atoms with Crippen molar-refractivity contribution in [2.24, 2.45) is 5.84 Å². The van der Waals surface area contributed by atoms with Crippen LogP contribution in [0.5, 0.6) is 0 Å². The van der Waals surface area contributed by atoms with E-state index in [-0.39, 0.29) is 11.8 Å². The van der Waals surface area contributed by atoms with E-state index in [1.165, 1.54) is 0 Å². The Labute approximate surface area is 123 Å². The molecule has 114 valence electrons. The molecule has 21 heavy (non-hydrogen) atoms. The Morgan fingerprint density at radius 3 is 2.71 bits per heavy atom. The van der Waals surface area contributed by atoms with Gasteiger partial charge in [0.05, 0.1) is 6.54 Å². The van der Waals surface area contributed by atoms with Crippen molar-refractivity contribution in [3.8, 4) is 0 Å². The Morgan fingerprint density at radius 1 is 1.33 bits per heavy atom. The highest BCUT2D eigenvalue weighted by atomic mass is 32.1. The molecule has 4 N–H and O–H groups in total. The van der Waals surface area contributed by atoms with Crippen molar-refractivity contribution in [1.82, 2.24) is 9.97 Å². The van der Waals surface area contributed by atoms with Gasteiger partial charge in [0.25, 0.3) is 0 Å². The zero-order chi connectivity index (χ0) is 15.5. The molecule has 0 saturated carbocycles. The summed E-state index contributed by atoms with van der Waals surface area (Å²) < 4.78 is 38.2. The second kappa shape index (κ2) is 6.27. The number of hydrazine groups is 1. The van der Waals surface area contributed by atoms with Gasteiger partial charge in [-0.25, -0.2) is 10.8 Å². The number of aryl methyl sites for hydroxylation is 1. The van der Waals surface area contributed by atoms with Crippen LogP contribution in [0, 0.1) is 0 Å². The van der Waals surface area contributed by atoms with Crippen LogP contribution in [0.15, 0.2) is 17.5 Å². The SMILES string of the molecule is CCc1ccsc1CNc1cc(C(F)(F)F)nc(NN)n1. The van der Waals surface area contributed by atoms with Crippen molar-refractivity contribution in [2.75, 3.05) is 10.7 Å². The number of nitrogens with zero attached hydrogens (tertiary/aromatic N) is 2.